The summed E-state index contributed by atoms with van der Waals surface area (Å²) in [5.74, 6) is -1.16. The van der Waals surface area contributed by atoms with Gasteiger partial charge >= 0.3 is 5.97 Å². The van der Waals surface area contributed by atoms with Crippen LogP contribution in [-0.4, -0.2) is 25.5 Å². The SMILES string of the molecule is CCCC(NS(=O)(=O)c1csc2ccccc12)C(=O)O. The zero-order valence-corrected chi connectivity index (χ0v) is 12.5. The van der Waals surface area contributed by atoms with Gasteiger partial charge in [-0.1, -0.05) is 31.5 Å². The van der Waals surface area contributed by atoms with Crippen molar-refractivity contribution in [2.75, 3.05) is 0 Å². The van der Waals surface area contributed by atoms with E-state index in [-0.39, 0.29) is 11.3 Å². The van der Waals surface area contributed by atoms with Gasteiger partial charge in [0.2, 0.25) is 10.0 Å². The molecule has 1 heterocycles. The molecule has 0 amide bonds. The maximum Gasteiger partial charge on any atom is 0.321 e. The summed E-state index contributed by atoms with van der Waals surface area (Å²) in [5.41, 5.74) is 0. The van der Waals surface area contributed by atoms with Crippen LogP contribution in [0.15, 0.2) is 34.5 Å². The summed E-state index contributed by atoms with van der Waals surface area (Å²) in [5, 5.41) is 11.2. The number of aliphatic carboxylic acids is 1. The first kappa shape index (κ1) is 15.0. The minimum Gasteiger partial charge on any atom is -0.480 e. The van der Waals surface area contributed by atoms with Gasteiger partial charge in [-0.2, -0.15) is 4.72 Å². The molecule has 0 aliphatic rings. The fraction of sp³-hybridized carbons (Fsp3) is 0.308. The van der Waals surface area contributed by atoms with Crippen LogP contribution in [0.1, 0.15) is 19.8 Å². The van der Waals surface area contributed by atoms with Crippen LogP contribution in [0.3, 0.4) is 0 Å². The Morgan fingerprint density at radius 1 is 1.40 bits per heavy atom. The quantitative estimate of drug-likeness (QED) is 0.858. The average Bonchev–Trinajstić information content (AvgIpc) is 2.82. The number of hydrogen-bond acceptors (Lipinski definition) is 4. The Hall–Kier alpha value is -1.44. The molecule has 2 rings (SSSR count). The third kappa shape index (κ3) is 3.00. The lowest BCUT2D eigenvalue weighted by molar-refractivity contribution is -0.139. The number of benzene rings is 1. The number of carboxylic acid groups (broad SMARTS) is 1. The van der Waals surface area contributed by atoms with E-state index in [1.807, 2.05) is 19.1 Å². The lowest BCUT2D eigenvalue weighted by Crippen LogP contribution is -2.40. The Bertz CT molecular complexity index is 721. The lowest BCUT2D eigenvalue weighted by atomic mass is 10.2. The highest BCUT2D eigenvalue weighted by Gasteiger charge is 2.26. The van der Waals surface area contributed by atoms with E-state index in [9.17, 15) is 13.2 Å². The number of carboxylic acids is 1. The summed E-state index contributed by atoms with van der Waals surface area (Å²) < 4.78 is 27.8. The molecule has 1 aromatic heterocycles. The Morgan fingerprint density at radius 3 is 2.75 bits per heavy atom. The molecule has 0 radical (unpaired) electrons. The molecule has 20 heavy (non-hydrogen) atoms. The number of hydrogen-bond donors (Lipinski definition) is 2. The van der Waals surface area contributed by atoms with Crippen molar-refractivity contribution in [1.29, 1.82) is 0 Å². The highest BCUT2D eigenvalue weighted by atomic mass is 32.2. The van der Waals surface area contributed by atoms with Gasteiger partial charge in [0.25, 0.3) is 0 Å². The summed E-state index contributed by atoms with van der Waals surface area (Å²) >= 11 is 1.32. The molecule has 0 fully saturated rings. The van der Waals surface area contributed by atoms with E-state index in [2.05, 4.69) is 4.72 Å². The summed E-state index contributed by atoms with van der Waals surface area (Å²) in [7, 11) is -3.83. The van der Waals surface area contributed by atoms with Crippen LogP contribution < -0.4 is 4.72 Å². The molecule has 1 unspecified atom stereocenters. The maximum absolute atomic E-state index is 12.3. The van der Waals surface area contributed by atoms with Crippen LogP contribution in [0.25, 0.3) is 10.1 Å². The minimum atomic E-state index is -3.83. The van der Waals surface area contributed by atoms with Crippen molar-refractivity contribution in [2.24, 2.45) is 0 Å². The van der Waals surface area contributed by atoms with Gasteiger partial charge in [0.1, 0.15) is 10.9 Å². The smallest absolute Gasteiger partial charge is 0.321 e. The van der Waals surface area contributed by atoms with E-state index in [0.29, 0.717) is 11.8 Å². The molecule has 1 aromatic carbocycles. The van der Waals surface area contributed by atoms with Crippen molar-refractivity contribution >= 4 is 37.4 Å². The van der Waals surface area contributed by atoms with E-state index >= 15 is 0 Å². The molecule has 2 N–H and O–H groups in total. The first-order valence-corrected chi connectivity index (χ1v) is 8.53. The van der Waals surface area contributed by atoms with Gasteiger partial charge in [0, 0.05) is 15.5 Å². The zero-order valence-electron chi connectivity index (χ0n) is 10.9. The third-order valence-corrected chi connectivity index (χ3v) is 5.53. The molecule has 0 spiro atoms. The molecule has 0 aliphatic heterocycles. The monoisotopic (exact) mass is 313 g/mol. The van der Waals surface area contributed by atoms with Gasteiger partial charge in [-0.05, 0) is 12.5 Å². The van der Waals surface area contributed by atoms with Crippen LogP contribution in [0, 0.1) is 0 Å². The van der Waals surface area contributed by atoms with E-state index < -0.39 is 22.0 Å². The second-order valence-electron chi connectivity index (χ2n) is 4.40. The van der Waals surface area contributed by atoms with Crippen molar-refractivity contribution in [2.45, 2.75) is 30.7 Å². The second-order valence-corrected chi connectivity index (χ2v) is 6.99. The topological polar surface area (TPSA) is 83.5 Å². The zero-order chi connectivity index (χ0) is 14.8. The van der Waals surface area contributed by atoms with Gasteiger partial charge in [-0.25, -0.2) is 8.42 Å². The van der Waals surface area contributed by atoms with Crippen molar-refractivity contribution in [3.63, 3.8) is 0 Å². The molecule has 7 heteroatoms. The van der Waals surface area contributed by atoms with Gasteiger partial charge in [0.15, 0.2) is 0 Å². The Balaban J connectivity index is 2.37. The number of rotatable bonds is 6. The Labute approximate surface area is 121 Å². The number of sulfonamides is 1. The standard InChI is InChI=1S/C13H15NO4S2/c1-2-5-10(13(15)16)14-20(17,18)12-8-19-11-7-4-3-6-9(11)12/h3-4,6-8,10,14H,2,5H2,1H3,(H,15,16). The summed E-state index contributed by atoms with van der Waals surface area (Å²) in [6.07, 6.45) is 0.848. The molecule has 0 saturated carbocycles. The Kier molecular flexibility index (Phi) is 4.42. The fourth-order valence-electron chi connectivity index (χ4n) is 1.93. The molecular weight excluding hydrogens is 298 g/mol. The van der Waals surface area contributed by atoms with Crippen molar-refractivity contribution in [3.05, 3.63) is 29.6 Å². The van der Waals surface area contributed by atoms with Crippen LogP contribution in [-0.2, 0) is 14.8 Å². The minimum absolute atomic E-state index is 0.139. The molecule has 0 aliphatic carbocycles. The predicted octanol–water partition coefficient (Wildman–Crippen LogP) is 2.43. The van der Waals surface area contributed by atoms with Crippen LogP contribution >= 0.6 is 11.3 Å². The first-order chi connectivity index (χ1) is 9.45. The molecule has 0 saturated heterocycles. The lowest BCUT2D eigenvalue weighted by Gasteiger charge is -2.13. The Morgan fingerprint density at radius 2 is 2.10 bits per heavy atom. The van der Waals surface area contributed by atoms with E-state index in [1.54, 1.807) is 12.1 Å². The normalized spacial score (nSPS) is 13.4. The fourth-order valence-corrected chi connectivity index (χ4v) is 4.66. The molecule has 2 aromatic rings. The summed E-state index contributed by atoms with van der Waals surface area (Å²) in [4.78, 5) is 11.2. The third-order valence-electron chi connectivity index (χ3n) is 2.91. The average molecular weight is 313 g/mol. The second kappa shape index (κ2) is 5.90. The van der Waals surface area contributed by atoms with Gasteiger partial charge in [-0.3, -0.25) is 4.79 Å². The highest BCUT2D eigenvalue weighted by molar-refractivity contribution is 7.90. The molecular formula is C13H15NO4S2. The van der Waals surface area contributed by atoms with E-state index in [4.69, 9.17) is 5.11 Å². The van der Waals surface area contributed by atoms with Gasteiger partial charge in [0.05, 0.1) is 0 Å². The van der Waals surface area contributed by atoms with E-state index in [1.165, 1.54) is 16.7 Å². The van der Waals surface area contributed by atoms with Gasteiger partial charge in [-0.15, -0.1) is 11.3 Å². The maximum atomic E-state index is 12.3. The van der Waals surface area contributed by atoms with Crippen LogP contribution in [0.4, 0.5) is 0 Å². The number of nitrogens with one attached hydrogen (secondary N) is 1. The van der Waals surface area contributed by atoms with Crippen molar-refractivity contribution < 1.29 is 18.3 Å². The highest BCUT2D eigenvalue weighted by Crippen LogP contribution is 2.29. The van der Waals surface area contributed by atoms with Crippen molar-refractivity contribution in [3.8, 4) is 0 Å². The number of thiophene rings is 1. The molecule has 5 nitrogen and oxygen atoms in total. The molecule has 0 bridgehead atoms. The van der Waals surface area contributed by atoms with Crippen molar-refractivity contribution in [1.82, 2.24) is 4.72 Å². The molecule has 108 valence electrons. The summed E-state index contributed by atoms with van der Waals surface area (Å²) in [6.45, 7) is 1.81. The first-order valence-electron chi connectivity index (χ1n) is 6.17. The number of fused-ring (bicyclic) bond motifs is 1. The van der Waals surface area contributed by atoms with Crippen LogP contribution in [0.2, 0.25) is 0 Å². The number of carbonyl (C=O) groups is 1. The van der Waals surface area contributed by atoms with E-state index in [0.717, 1.165) is 4.70 Å². The predicted molar refractivity (Wildman–Crippen MR) is 78.5 cm³/mol. The van der Waals surface area contributed by atoms with Crippen LogP contribution in [0.5, 0.6) is 0 Å². The summed E-state index contributed by atoms with van der Waals surface area (Å²) in [6, 6.07) is 6.05. The molecule has 1 atom stereocenters. The largest absolute Gasteiger partial charge is 0.480 e. The van der Waals surface area contributed by atoms with Gasteiger partial charge < -0.3 is 5.11 Å².